The molecule has 2 aromatic heterocycles. The zero-order valence-electron chi connectivity index (χ0n) is 14.2. The second-order valence-electron chi connectivity index (χ2n) is 7.63. The normalized spacial score (nSPS) is 38.0. The SMILES string of the molecule is CNc1nc(Cl)nc2c1ncn2[C@H]1[C@@H]2OC(C)(C)O[C@@H]2[C@]2(CO)C[C@H]12. The van der Waals surface area contributed by atoms with Crippen molar-refractivity contribution in [1.29, 1.82) is 0 Å². The van der Waals surface area contributed by atoms with Crippen molar-refractivity contribution in [3.05, 3.63) is 11.6 Å². The van der Waals surface area contributed by atoms with Crippen molar-refractivity contribution in [2.75, 3.05) is 19.0 Å². The summed E-state index contributed by atoms with van der Waals surface area (Å²) in [6.45, 7) is 3.92. The van der Waals surface area contributed by atoms with Crippen LogP contribution in [0.15, 0.2) is 6.33 Å². The van der Waals surface area contributed by atoms with Crippen LogP contribution in [0.1, 0.15) is 26.3 Å². The molecule has 2 saturated carbocycles. The highest BCUT2D eigenvalue weighted by Crippen LogP contribution is 2.71. The fourth-order valence-electron chi connectivity index (χ4n) is 4.76. The zero-order chi connectivity index (χ0) is 17.6. The Labute approximate surface area is 149 Å². The van der Waals surface area contributed by atoms with E-state index in [1.165, 1.54) is 0 Å². The summed E-state index contributed by atoms with van der Waals surface area (Å²) in [6.07, 6.45) is 2.40. The summed E-state index contributed by atoms with van der Waals surface area (Å²) in [5, 5.41) is 13.2. The van der Waals surface area contributed by atoms with Crippen LogP contribution in [0.4, 0.5) is 5.82 Å². The van der Waals surface area contributed by atoms with Gasteiger partial charge in [0.1, 0.15) is 6.10 Å². The number of fused-ring (bicyclic) bond motifs is 4. The molecule has 0 bridgehead atoms. The molecule has 0 spiro atoms. The van der Waals surface area contributed by atoms with Crippen LogP contribution in [-0.2, 0) is 9.47 Å². The van der Waals surface area contributed by atoms with Gasteiger partial charge in [-0.05, 0) is 37.8 Å². The molecule has 1 aliphatic heterocycles. The molecule has 9 heteroatoms. The van der Waals surface area contributed by atoms with Crippen molar-refractivity contribution >= 4 is 28.6 Å². The second kappa shape index (κ2) is 4.82. The molecule has 2 N–H and O–H groups in total. The number of nitrogens with one attached hydrogen (secondary N) is 1. The highest BCUT2D eigenvalue weighted by molar-refractivity contribution is 6.28. The quantitative estimate of drug-likeness (QED) is 0.797. The Hall–Kier alpha value is -1.48. The summed E-state index contributed by atoms with van der Waals surface area (Å²) in [5.41, 5.74) is 1.10. The first-order valence-electron chi connectivity index (χ1n) is 8.44. The van der Waals surface area contributed by atoms with E-state index in [9.17, 15) is 5.11 Å². The van der Waals surface area contributed by atoms with Gasteiger partial charge in [0.2, 0.25) is 5.28 Å². The van der Waals surface area contributed by atoms with Gasteiger partial charge in [-0.15, -0.1) is 0 Å². The number of aliphatic hydroxyl groups is 1. The lowest BCUT2D eigenvalue weighted by Gasteiger charge is -2.24. The molecule has 134 valence electrons. The first-order valence-corrected chi connectivity index (χ1v) is 8.82. The van der Waals surface area contributed by atoms with Crippen LogP contribution in [-0.4, -0.2) is 56.3 Å². The Morgan fingerprint density at radius 1 is 1.40 bits per heavy atom. The van der Waals surface area contributed by atoms with E-state index in [4.69, 9.17) is 21.1 Å². The predicted molar refractivity (Wildman–Crippen MR) is 90.4 cm³/mol. The molecule has 2 aromatic rings. The third-order valence-corrected chi connectivity index (χ3v) is 6.04. The highest BCUT2D eigenvalue weighted by Gasteiger charge is 2.75. The van der Waals surface area contributed by atoms with E-state index in [0.717, 1.165) is 6.42 Å². The summed E-state index contributed by atoms with van der Waals surface area (Å²) in [6, 6.07) is -0.000372. The standard InChI is InChI=1S/C16H20ClN5O3/c1-15(2)24-10-9(7-4-16(7,5-23)11(10)25-15)22-6-19-8-12(18-3)20-14(17)21-13(8)22/h6-7,9-11,23H,4-5H2,1-3H3,(H,18,20,21)/t7-,9-,10+,11+,16+/m1/s1. The number of rotatable bonds is 3. The number of hydrogen-bond donors (Lipinski definition) is 2. The maximum atomic E-state index is 10.0. The van der Waals surface area contributed by atoms with Gasteiger partial charge in [0.25, 0.3) is 0 Å². The predicted octanol–water partition coefficient (Wildman–Crippen LogP) is 1.59. The van der Waals surface area contributed by atoms with E-state index >= 15 is 0 Å². The molecule has 0 radical (unpaired) electrons. The minimum absolute atomic E-state index is 0.000372. The van der Waals surface area contributed by atoms with Crippen LogP contribution in [0, 0.1) is 11.3 Å². The summed E-state index contributed by atoms with van der Waals surface area (Å²) >= 11 is 6.10. The molecular formula is C16H20ClN5O3. The molecular weight excluding hydrogens is 346 g/mol. The number of anilines is 1. The number of imidazole rings is 1. The minimum Gasteiger partial charge on any atom is -0.396 e. The first kappa shape index (κ1) is 15.7. The van der Waals surface area contributed by atoms with Crippen LogP contribution in [0.3, 0.4) is 0 Å². The molecule has 0 unspecified atom stereocenters. The van der Waals surface area contributed by atoms with Gasteiger partial charge < -0.3 is 24.5 Å². The van der Waals surface area contributed by atoms with Crippen molar-refractivity contribution in [3.8, 4) is 0 Å². The molecule has 1 saturated heterocycles. The van der Waals surface area contributed by atoms with Crippen molar-refractivity contribution in [2.24, 2.45) is 11.3 Å². The number of hydrogen-bond acceptors (Lipinski definition) is 7. The summed E-state index contributed by atoms with van der Waals surface area (Å²) in [4.78, 5) is 13.1. The van der Waals surface area contributed by atoms with Crippen LogP contribution >= 0.6 is 11.6 Å². The zero-order valence-corrected chi connectivity index (χ0v) is 15.0. The van der Waals surface area contributed by atoms with Crippen molar-refractivity contribution in [3.63, 3.8) is 0 Å². The lowest BCUT2D eigenvalue weighted by atomic mass is 10.0. The van der Waals surface area contributed by atoms with Gasteiger partial charge in [-0.3, -0.25) is 0 Å². The molecule has 3 heterocycles. The third-order valence-electron chi connectivity index (χ3n) is 5.87. The molecule has 8 nitrogen and oxygen atoms in total. The van der Waals surface area contributed by atoms with Crippen molar-refractivity contribution < 1.29 is 14.6 Å². The van der Waals surface area contributed by atoms with Gasteiger partial charge in [0, 0.05) is 12.5 Å². The van der Waals surface area contributed by atoms with Gasteiger partial charge in [-0.25, -0.2) is 4.98 Å². The fourth-order valence-corrected chi connectivity index (χ4v) is 4.92. The number of halogens is 1. The van der Waals surface area contributed by atoms with E-state index in [2.05, 4.69) is 20.3 Å². The van der Waals surface area contributed by atoms with Crippen LogP contribution < -0.4 is 5.32 Å². The Bertz CT molecular complexity index is 871. The smallest absolute Gasteiger partial charge is 0.226 e. The molecule has 5 rings (SSSR count). The Kier molecular flexibility index (Phi) is 3.04. The van der Waals surface area contributed by atoms with E-state index in [1.807, 2.05) is 18.4 Å². The van der Waals surface area contributed by atoms with Crippen molar-refractivity contribution in [2.45, 2.75) is 44.3 Å². The Morgan fingerprint density at radius 2 is 2.20 bits per heavy atom. The molecule has 0 aromatic carbocycles. The van der Waals surface area contributed by atoms with E-state index in [1.54, 1.807) is 13.4 Å². The van der Waals surface area contributed by atoms with Crippen LogP contribution in [0.2, 0.25) is 5.28 Å². The maximum absolute atomic E-state index is 10.0. The Morgan fingerprint density at radius 3 is 2.92 bits per heavy atom. The van der Waals surface area contributed by atoms with Gasteiger partial charge in [0.05, 0.1) is 25.1 Å². The van der Waals surface area contributed by atoms with E-state index < -0.39 is 5.79 Å². The third kappa shape index (κ3) is 1.96. The summed E-state index contributed by atoms with van der Waals surface area (Å²) in [7, 11) is 1.77. The lowest BCUT2D eigenvalue weighted by Crippen LogP contribution is -2.33. The monoisotopic (exact) mass is 365 g/mol. The molecule has 5 atom stereocenters. The molecule has 25 heavy (non-hydrogen) atoms. The van der Waals surface area contributed by atoms with E-state index in [0.29, 0.717) is 17.0 Å². The van der Waals surface area contributed by atoms with Gasteiger partial charge >= 0.3 is 0 Å². The highest BCUT2D eigenvalue weighted by atomic mass is 35.5. The number of aromatic nitrogens is 4. The summed E-state index contributed by atoms with van der Waals surface area (Å²) < 4.78 is 14.4. The number of aliphatic hydroxyl groups excluding tert-OH is 1. The van der Waals surface area contributed by atoms with E-state index in [-0.39, 0.29) is 41.5 Å². The lowest BCUT2D eigenvalue weighted by molar-refractivity contribution is -0.163. The average molecular weight is 366 g/mol. The van der Waals surface area contributed by atoms with Gasteiger partial charge in [0.15, 0.2) is 22.8 Å². The summed E-state index contributed by atoms with van der Waals surface area (Å²) in [5.74, 6) is 0.201. The average Bonchev–Trinajstić information content (AvgIpc) is 2.86. The fraction of sp³-hybridized carbons (Fsp3) is 0.688. The van der Waals surface area contributed by atoms with Gasteiger partial charge in [-0.1, -0.05) is 0 Å². The topological polar surface area (TPSA) is 94.3 Å². The Balaban J connectivity index is 1.64. The molecule has 3 fully saturated rings. The minimum atomic E-state index is -0.664. The molecule has 0 amide bonds. The largest absolute Gasteiger partial charge is 0.396 e. The van der Waals surface area contributed by atoms with Crippen LogP contribution in [0.5, 0.6) is 0 Å². The second-order valence-corrected chi connectivity index (χ2v) is 7.97. The van der Waals surface area contributed by atoms with Crippen LogP contribution in [0.25, 0.3) is 11.2 Å². The first-order chi connectivity index (χ1) is 11.9. The number of nitrogens with zero attached hydrogens (tertiary/aromatic N) is 4. The maximum Gasteiger partial charge on any atom is 0.226 e. The molecule has 2 aliphatic carbocycles. The van der Waals surface area contributed by atoms with Crippen molar-refractivity contribution in [1.82, 2.24) is 19.5 Å². The number of ether oxygens (including phenoxy) is 2. The molecule has 3 aliphatic rings. The van der Waals surface area contributed by atoms with Gasteiger partial charge in [-0.2, -0.15) is 9.97 Å².